The van der Waals surface area contributed by atoms with Crippen LogP contribution in [0.3, 0.4) is 0 Å². The number of ether oxygens (including phenoxy) is 1. The molecule has 0 bridgehead atoms. The van der Waals surface area contributed by atoms with Crippen molar-refractivity contribution in [2.75, 3.05) is 0 Å². The Labute approximate surface area is 317 Å². The van der Waals surface area contributed by atoms with Gasteiger partial charge in [-0.2, -0.15) is 0 Å². The SMILES string of the molecule is C1=CC2OC3C(=CC=CC3N(C3=CCC(C4=CC5SC6=C(CCC=C6)C5C=C4)C=C3)C3CCC=C4C5=C(SC43)C(c3ccccc3)=CCC5)C2C=C1. The molecule has 260 valence electrons. The fourth-order valence-corrected chi connectivity index (χ4v) is 13.7. The number of hydrogen-bond donors (Lipinski definition) is 0. The van der Waals surface area contributed by atoms with E-state index < -0.39 is 0 Å². The summed E-state index contributed by atoms with van der Waals surface area (Å²) in [7, 11) is 0. The fraction of sp³-hybridized carbons (Fsp3) is 0.333. The van der Waals surface area contributed by atoms with Crippen LogP contribution in [0.2, 0.25) is 0 Å². The molecule has 10 aliphatic rings. The quantitative estimate of drug-likeness (QED) is 0.301. The van der Waals surface area contributed by atoms with Crippen LogP contribution < -0.4 is 0 Å². The molecule has 9 unspecified atom stereocenters. The zero-order chi connectivity index (χ0) is 34.2. The number of allylic oxidation sites excluding steroid dienone is 17. The zero-order valence-electron chi connectivity index (χ0n) is 29.5. The van der Waals surface area contributed by atoms with Crippen LogP contribution in [0.1, 0.15) is 50.5 Å². The smallest absolute Gasteiger partial charge is 0.104 e. The summed E-state index contributed by atoms with van der Waals surface area (Å²) in [4.78, 5) is 5.89. The highest BCUT2D eigenvalue weighted by molar-refractivity contribution is 8.05. The standard InChI is InChI=1S/C48H45NOS2/c1-2-11-31(12-3-1)34-15-8-17-39-40-18-10-20-42(48(40)52-47(34)39)49(41-19-9-16-38-35-13-4-6-21-43(35)50-46(38)41)33-26-23-30(24-27-33)32-25-28-37-36-14-5-7-22-44(36)51-45(37)29-32/h1-4,6-7,9,11-13,15-16,18-19,21-23,25-30,35,37,41-43,45-46,48H,5,8,10,14,17,20,24H2. The number of benzene rings is 1. The summed E-state index contributed by atoms with van der Waals surface area (Å²) in [6.45, 7) is 0. The maximum absolute atomic E-state index is 7.00. The van der Waals surface area contributed by atoms with Gasteiger partial charge in [-0.05, 0) is 90.0 Å². The number of hydrogen-bond acceptors (Lipinski definition) is 4. The Hall–Kier alpha value is -3.70. The summed E-state index contributed by atoms with van der Waals surface area (Å²) in [5, 5.41) is 0.960. The van der Waals surface area contributed by atoms with E-state index in [4.69, 9.17) is 4.74 Å². The molecule has 9 atom stereocenters. The second kappa shape index (κ2) is 13.0. The van der Waals surface area contributed by atoms with Crippen molar-refractivity contribution < 1.29 is 4.74 Å². The maximum Gasteiger partial charge on any atom is 0.104 e. The molecule has 2 nitrogen and oxygen atoms in total. The molecule has 7 aliphatic carbocycles. The van der Waals surface area contributed by atoms with Gasteiger partial charge in [0.25, 0.3) is 0 Å². The molecule has 3 heterocycles. The highest BCUT2D eigenvalue weighted by Crippen LogP contribution is 2.56. The van der Waals surface area contributed by atoms with Crippen molar-refractivity contribution in [2.24, 2.45) is 17.8 Å². The Morgan fingerprint density at radius 3 is 2.65 bits per heavy atom. The van der Waals surface area contributed by atoms with E-state index in [9.17, 15) is 0 Å². The monoisotopic (exact) mass is 715 g/mol. The second-order valence-corrected chi connectivity index (χ2v) is 18.1. The predicted octanol–water partition coefficient (Wildman–Crippen LogP) is 11.3. The molecular formula is C48H45NOS2. The van der Waals surface area contributed by atoms with E-state index >= 15 is 0 Å². The van der Waals surface area contributed by atoms with Crippen molar-refractivity contribution in [2.45, 2.75) is 79.7 Å². The normalized spacial score (nSPS) is 36.2. The first-order chi connectivity index (χ1) is 25.8. The van der Waals surface area contributed by atoms with Crippen LogP contribution in [0.15, 0.2) is 177 Å². The lowest BCUT2D eigenvalue weighted by Gasteiger charge is -2.47. The van der Waals surface area contributed by atoms with Crippen molar-refractivity contribution >= 4 is 29.1 Å². The minimum Gasteiger partial charge on any atom is -0.363 e. The Balaban J connectivity index is 0.914. The molecule has 0 amide bonds. The molecule has 1 aromatic rings. The third-order valence-corrected chi connectivity index (χ3v) is 15.8. The van der Waals surface area contributed by atoms with Gasteiger partial charge in [0.15, 0.2) is 0 Å². The lowest BCUT2D eigenvalue weighted by atomic mass is 9.80. The maximum atomic E-state index is 7.00. The molecular weight excluding hydrogens is 671 g/mol. The molecule has 1 fully saturated rings. The Morgan fingerprint density at radius 1 is 0.788 bits per heavy atom. The van der Waals surface area contributed by atoms with Gasteiger partial charge in [0, 0.05) is 44.6 Å². The summed E-state index contributed by atoms with van der Waals surface area (Å²) in [6, 6.07) is 11.6. The first-order valence-corrected chi connectivity index (χ1v) is 21.4. The Kier molecular flexibility index (Phi) is 7.95. The third kappa shape index (κ3) is 5.19. The van der Waals surface area contributed by atoms with Gasteiger partial charge in [-0.25, -0.2) is 0 Å². The average molecular weight is 716 g/mol. The lowest BCUT2D eigenvalue weighted by molar-refractivity contribution is 0.0225. The molecule has 0 spiro atoms. The molecule has 0 N–H and O–H groups in total. The lowest BCUT2D eigenvalue weighted by Crippen LogP contribution is -2.52. The summed E-state index contributed by atoms with van der Waals surface area (Å²) in [6.07, 6.45) is 49.3. The number of rotatable bonds is 5. The average Bonchev–Trinajstić information content (AvgIpc) is 3.90. The van der Waals surface area contributed by atoms with Crippen LogP contribution in [0.25, 0.3) is 5.57 Å². The van der Waals surface area contributed by atoms with Gasteiger partial charge in [-0.15, -0.1) is 23.5 Å². The molecule has 1 saturated heterocycles. The largest absolute Gasteiger partial charge is 0.363 e. The second-order valence-electron chi connectivity index (χ2n) is 15.7. The van der Waals surface area contributed by atoms with Gasteiger partial charge in [0.1, 0.15) is 6.10 Å². The van der Waals surface area contributed by atoms with Crippen molar-refractivity contribution in [1.82, 2.24) is 4.90 Å². The van der Waals surface area contributed by atoms with E-state index in [2.05, 4.69) is 162 Å². The highest BCUT2D eigenvalue weighted by atomic mass is 32.2. The number of fused-ring (bicyclic) bond motifs is 7. The Bertz CT molecular complexity index is 2110. The fourth-order valence-electron chi connectivity index (χ4n) is 10.5. The molecule has 3 aliphatic heterocycles. The third-order valence-electron chi connectivity index (χ3n) is 13.0. The van der Waals surface area contributed by atoms with Gasteiger partial charge in [-0.3, -0.25) is 0 Å². The van der Waals surface area contributed by atoms with Crippen molar-refractivity contribution in [3.05, 3.63) is 183 Å². The van der Waals surface area contributed by atoms with E-state index in [0.717, 1.165) is 32.1 Å². The summed E-state index contributed by atoms with van der Waals surface area (Å²) in [5.74, 6) is 1.33. The summed E-state index contributed by atoms with van der Waals surface area (Å²) < 4.78 is 7.00. The van der Waals surface area contributed by atoms with Crippen LogP contribution in [-0.2, 0) is 4.74 Å². The van der Waals surface area contributed by atoms with Gasteiger partial charge in [0.2, 0.25) is 0 Å². The van der Waals surface area contributed by atoms with Crippen LogP contribution in [0.5, 0.6) is 0 Å². The molecule has 4 heteroatoms. The topological polar surface area (TPSA) is 12.5 Å². The predicted molar refractivity (Wildman–Crippen MR) is 219 cm³/mol. The number of nitrogens with zero attached hydrogens (tertiary/aromatic N) is 1. The number of thioether (sulfide) groups is 2. The van der Waals surface area contributed by atoms with E-state index in [1.54, 1.807) is 16.7 Å². The van der Waals surface area contributed by atoms with Gasteiger partial charge in [-0.1, -0.05) is 128 Å². The first kappa shape index (κ1) is 31.8. The van der Waals surface area contributed by atoms with Crippen LogP contribution >= 0.6 is 23.5 Å². The molecule has 0 aromatic heterocycles. The van der Waals surface area contributed by atoms with Gasteiger partial charge >= 0.3 is 0 Å². The summed E-state index contributed by atoms with van der Waals surface area (Å²) >= 11 is 4.24. The minimum absolute atomic E-state index is 0.0513. The van der Waals surface area contributed by atoms with Crippen LogP contribution in [0, 0.1) is 17.8 Å². The summed E-state index contributed by atoms with van der Waals surface area (Å²) in [5.41, 5.74) is 12.0. The highest BCUT2D eigenvalue weighted by Gasteiger charge is 2.49. The minimum atomic E-state index is 0.0513. The van der Waals surface area contributed by atoms with Gasteiger partial charge in [0.05, 0.1) is 17.4 Å². The van der Waals surface area contributed by atoms with E-state index in [1.165, 1.54) is 50.6 Å². The van der Waals surface area contributed by atoms with Crippen LogP contribution in [0.4, 0.5) is 0 Å². The molecule has 52 heavy (non-hydrogen) atoms. The first-order valence-electron chi connectivity index (χ1n) is 19.7. The van der Waals surface area contributed by atoms with E-state index in [-0.39, 0.29) is 18.2 Å². The van der Waals surface area contributed by atoms with E-state index in [0.29, 0.717) is 34.3 Å². The molecule has 1 aromatic carbocycles. The van der Waals surface area contributed by atoms with Gasteiger partial charge < -0.3 is 9.64 Å². The van der Waals surface area contributed by atoms with Crippen molar-refractivity contribution in [3.63, 3.8) is 0 Å². The molecule has 11 rings (SSSR count). The zero-order valence-corrected chi connectivity index (χ0v) is 31.2. The Morgan fingerprint density at radius 2 is 1.73 bits per heavy atom. The molecule has 0 radical (unpaired) electrons. The molecule has 0 saturated carbocycles. The van der Waals surface area contributed by atoms with Crippen molar-refractivity contribution in [1.29, 1.82) is 0 Å². The van der Waals surface area contributed by atoms with E-state index in [1.807, 2.05) is 0 Å². The van der Waals surface area contributed by atoms with Crippen LogP contribution in [-0.4, -0.2) is 39.7 Å². The van der Waals surface area contributed by atoms with Crippen molar-refractivity contribution in [3.8, 4) is 0 Å².